The van der Waals surface area contributed by atoms with E-state index in [9.17, 15) is 13.2 Å². The molecule has 0 bridgehead atoms. The van der Waals surface area contributed by atoms with E-state index in [-0.39, 0.29) is 23.4 Å². The molecule has 1 aliphatic heterocycles. The van der Waals surface area contributed by atoms with Gasteiger partial charge in [-0.2, -0.15) is 4.31 Å². The number of nitrogens with zero attached hydrogens (tertiary/aromatic N) is 5. The fraction of sp³-hybridized carbons (Fsp3) is 0.667. The fourth-order valence-corrected chi connectivity index (χ4v) is 5.13. The number of likely N-dealkylation sites (tertiary alicyclic amines) is 1. The Hall–Kier alpha value is -2.04. The lowest BCUT2D eigenvalue weighted by Crippen LogP contribution is -2.41. The molecular formula is C21H34N6O3S. The van der Waals surface area contributed by atoms with E-state index in [4.69, 9.17) is 0 Å². The third-order valence-electron chi connectivity index (χ3n) is 5.89. The number of likely N-dealkylation sites (N-methyl/N-ethyl adjacent to an activating group) is 1. The van der Waals surface area contributed by atoms with Crippen LogP contribution in [0.1, 0.15) is 52.5 Å². The molecule has 3 rings (SSSR count). The van der Waals surface area contributed by atoms with Crippen LogP contribution in [0.5, 0.6) is 0 Å². The van der Waals surface area contributed by atoms with E-state index < -0.39 is 10.0 Å². The Morgan fingerprint density at radius 2 is 2.10 bits per heavy atom. The molecule has 0 saturated carbocycles. The summed E-state index contributed by atoms with van der Waals surface area (Å²) in [5.74, 6) is -0.301. The van der Waals surface area contributed by atoms with E-state index in [1.165, 1.54) is 38.4 Å². The molecule has 1 fully saturated rings. The number of nitrogens with one attached hydrogen (secondary N) is 1. The van der Waals surface area contributed by atoms with Crippen molar-refractivity contribution in [2.45, 2.75) is 63.4 Å². The molecule has 9 nitrogen and oxygen atoms in total. The summed E-state index contributed by atoms with van der Waals surface area (Å²) in [4.78, 5) is 14.8. The smallest absolute Gasteiger partial charge is 0.243 e. The highest BCUT2D eigenvalue weighted by Gasteiger charge is 2.24. The maximum Gasteiger partial charge on any atom is 0.243 e. The summed E-state index contributed by atoms with van der Waals surface area (Å²) in [5, 5.41) is 11.0. The molecule has 1 aromatic heterocycles. The lowest BCUT2D eigenvalue weighted by Gasteiger charge is -2.33. The van der Waals surface area contributed by atoms with E-state index in [2.05, 4.69) is 27.5 Å². The van der Waals surface area contributed by atoms with Gasteiger partial charge in [-0.05, 0) is 64.8 Å². The molecule has 31 heavy (non-hydrogen) atoms. The first-order valence-electron chi connectivity index (χ1n) is 11.0. The van der Waals surface area contributed by atoms with Crippen LogP contribution in [0.2, 0.25) is 0 Å². The monoisotopic (exact) mass is 450 g/mol. The van der Waals surface area contributed by atoms with Gasteiger partial charge in [-0.3, -0.25) is 4.79 Å². The zero-order valence-electron chi connectivity index (χ0n) is 18.9. The summed E-state index contributed by atoms with van der Waals surface area (Å²) < 4.78 is 28.6. The Labute approximate surface area is 184 Å². The zero-order chi connectivity index (χ0) is 22.6. The van der Waals surface area contributed by atoms with Gasteiger partial charge in [0.2, 0.25) is 15.9 Å². The average Bonchev–Trinajstić information content (AvgIpc) is 3.16. The molecule has 0 radical (unpaired) electrons. The number of hydrogen-bond acceptors (Lipinski definition) is 6. The second-order valence-electron chi connectivity index (χ2n) is 8.62. The van der Waals surface area contributed by atoms with Gasteiger partial charge >= 0.3 is 0 Å². The first-order chi connectivity index (χ1) is 14.7. The van der Waals surface area contributed by atoms with Crippen LogP contribution in [0.15, 0.2) is 23.1 Å². The zero-order valence-corrected chi connectivity index (χ0v) is 19.7. The van der Waals surface area contributed by atoms with Crippen LogP contribution >= 0.6 is 0 Å². The van der Waals surface area contributed by atoms with Crippen molar-refractivity contribution in [2.24, 2.45) is 0 Å². The predicted octanol–water partition coefficient (Wildman–Crippen LogP) is 2.01. The molecule has 2 heterocycles. The van der Waals surface area contributed by atoms with Gasteiger partial charge in [-0.25, -0.2) is 13.1 Å². The molecule has 2 aromatic rings. The number of amides is 1. The number of hydrogen-bond donors (Lipinski definition) is 1. The minimum absolute atomic E-state index is 0.102. The van der Waals surface area contributed by atoms with Gasteiger partial charge in [0.25, 0.3) is 0 Å². The number of benzene rings is 1. The molecular weight excluding hydrogens is 416 g/mol. The minimum atomic E-state index is -3.80. The summed E-state index contributed by atoms with van der Waals surface area (Å²) in [5.41, 5.74) is 1.29. The van der Waals surface area contributed by atoms with Gasteiger partial charge in [-0.1, -0.05) is 11.6 Å². The van der Waals surface area contributed by atoms with Crippen molar-refractivity contribution in [3.8, 4) is 0 Å². The maximum absolute atomic E-state index is 12.9. The van der Waals surface area contributed by atoms with Crippen LogP contribution in [-0.2, 0) is 14.8 Å². The standard InChI is InChI=1S/C21H34N6O3S/c1-16(2)27-20-10-9-18(14-19(20)23-24-27)31(29,30)25(4)15-21(28)22-11-7-13-26-12-6-5-8-17(26)3/h9-10,14,16-17H,5-8,11-13,15H2,1-4H3,(H,22,28)/t17-/m0/s1. The lowest BCUT2D eigenvalue weighted by atomic mass is 10.0. The van der Waals surface area contributed by atoms with Gasteiger partial charge in [0, 0.05) is 32.2 Å². The fourth-order valence-electron chi connectivity index (χ4n) is 3.99. The topological polar surface area (TPSA) is 100 Å². The number of rotatable bonds is 9. The van der Waals surface area contributed by atoms with Crippen LogP contribution < -0.4 is 5.32 Å². The van der Waals surface area contributed by atoms with E-state index in [0.717, 1.165) is 29.3 Å². The van der Waals surface area contributed by atoms with Crippen LogP contribution in [0.25, 0.3) is 11.0 Å². The van der Waals surface area contributed by atoms with E-state index in [1.54, 1.807) is 10.7 Å². The van der Waals surface area contributed by atoms with Crippen LogP contribution in [0, 0.1) is 0 Å². The minimum Gasteiger partial charge on any atom is -0.355 e. The van der Waals surface area contributed by atoms with Crippen LogP contribution in [-0.4, -0.2) is 77.8 Å². The number of piperidine rings is 1. The summed E-state index contributed by atoms with van der Waals surface area (Å²) in [7, 11) is -2.39. The van der Waals surface area contributed by atoms with Gasteiger partial charge in [0.15, 0.2) is 0 Å². The molecule has 0 aliphatic carbocycles. The molecule has 1 amide bonds. The SMILES string of the molecule is CC(C)n1nnc2cc(S(=O)(=O)N(C)CC(=O)NCCCN3CCCC[C@@H]3C)ccc21. The number of fused-ring (bicyclic) bond motifs is 1. The normalized spacial score (nSPS) is 18.2. The molecule has 1 atom stereocenters. The van der Waals surface area contributed by atoms with Gasteiger partial charge in [0.05, 0.1) is 17.0 Å². The Bertz CT molecular complexity index is 1000. The maximum atomic E-state index is 12.9. The molecule has 1 aliphatic rings. The van der Waals surface area contributed by atoms with Crippen molar-refractivity contribution in [1.82, 2.24) is 29.5 Å². The number of carbonyl (C=O) groups excluding carboxylic acids is 1. The van der Waals surface area contributed by atoms with Gasteiger partial charge in [0.1, 0.15) is 5.52 Å². The summed E-state index contributed by atoms with van der Waals surface area (Å²) in [6, 6.07) is 5.47. The molecule has 10 heteroatoms. The predicted molar refractivity (Wildman–Crippen MR) is 120 cm³/mol. The van der Waals surface area contributed by atoms with Crippen molar-refractivity contribution in [3.63, 3.8) is 0 Å². The Kier molecular flexibility index (Phi) is 7.66. The highest BCUT2D eigenvalue weighted by molar-refractivity contribution is 7.89. The molecule has 172 valence electrons. The first kappa shape index (κ1) is 23.6. The van der Waals surface area contributed by atoms with Crippen molar-refractivity contribution in [2.75, 3.05) is 33.2 Å². The highest BCUT2D eigenvalue weighted by atomic mass is 32.2. The molecule has 1 saturated heterocycles. The highest BCUT2D eigenvalue weighted by Crippen LogP contribution is 2.21. The van der Waals surface area contributed by atoms with Gasteiger partial charge in [-0.15, -0.1) is 5.10 Å². The van der Waals surface area contributed by atoms with Crippen molar-refractivity contribution < 1.29 is 13.2 Å². The number of carbonyl (C=O) groups is 1. The number of sulfonamides is 1. The Balaban J connectivity index is 1.53. The van der Waals surface area contributed by atoms with E-state index in [0.29, 0.717) is 18.1 Å². The quantitative estimate of drug-likeness (QED) is 0.587. The van der Waals surface area contributed by atoms with Crippen molar-refractivity contribution in [1.29, 1.82) is 0 Å². The molecule has 1 N–H and O–H groups in total. The second-order valence-corrected chi connectivity index (χ2v) is 10.7. The molecule has 0 spiro atoms. The second kappa shape index (κ2) is 10.1. The third kappa shape index (κ3) is 5.61. The Morgan fingerprint density at radius 1 is 1.32 bits per heavy atom. The molecule has 1 aromatic carbocycles. The third-order valence-corrected chi connectivity index (χ3v) is 7.69. The summed E-state index contributed by atoms with van der Waals surface area (Å²) in [6.07, 6.45) is 4.61. The molecule has 0 unspecified atom stereocenters. The van der Waals surface area contributed by atoms with Crippen molar-refractivity contribution in [3.05, 3.63) is 18.2 Å². The number of aromatic nitrogens is 3. The summed E-state index contributed by atoms with van der Waals surface area (Å²) >= 11 is 0. The summed E-state index contributed by atoms with van der Waals surface area (Å²) in [6.45, 7) is 8.60. The van der Waals surface area contributed by atoms with Crippen LogP contribution in [0.4, 0.5) is 0 Å². The largest absolute Gasteiger partial charge is 0.355 e. The lowest BCUT2D eigenvalue weighted by molar-refractivity contribution is -0.121. The average molecular weight is 451 g/mol. The van der Waals surface area contributed by atoms with E-state index >= 15 is 0 Å². The first-order valence-corrected chi connectivity index (χ1v) is 12.5. The van der Waals surface area contributed by atoms with Gasteiger partial charge < -0.3 is 10.2 Å². The van der Waals surface area contributed by atoms with E-state index in [1.807, 2.05) is 13.8 Å². The van der Waals surface area contributed by atoms with Crippen LogP contribution in [0.3, 0.4) is 0 Å². The Morgan fingerprint density at radius 3 is 2.81 bits per heavy atom. The van der Waals surface area contributed by atoms with Crippen molar-refractivity contribution >= 4 is 27.0 Å².